The van der Waals surface area contributed by atoms with E-state index in [0.717, 1.165) is 70.3 Å². The third-order valence-electron chi connectivity index (χ3n) is 8.35. The maximum absolute atomic E-state index is 13.8. The van der Waals surface area contributed by atoms with Gasteiger partial charge in [-0.2, -0.15) is 0 Å². The van der Waals surface area contributed by atoms with Crippen LogP contribution in [0.4, 0.5) is 11.4 Å². The molecule has 0 radical (unpaired) electrons. The van der Waals surface area contributed by atoms with Gasteiger partial charge in [0.15, 0.2) is 0 Å². The number of primary amides is 1. The second-order valence-corrected chi connectivity index (χ2v) is 10.4. The number of non-ortho nitro benzene ring substituents is 1. The van der Waals surface area contributed by atoms with Crippen LogP contribution in [-0.2, 0) is 20.7 Å². The number of amides is 2. The number of nitrogens with two attached hydrogens (primary N) is 1. The van der Waals surface area contributed by atoms with E-state index in [9.17, 15) is 19.7 Å². The molecule has 3 fully saturated rings. The molecule has 4 heterocycles. The number of carbonyl (C=O) groups is 2. The zero-order valence-electron chi connectivity index (χ0n) is 20.7. The van der Waals surface area contributed by atoms with Crippen molar-refractivity contribution in [3.05, 3.63) is 33.9 Å². The number of hydrogen-bond donors (Lipinski definition) is 1. The summed E-state index contributed by atoms with van der Waals surface area (Å²) in [5.41, 5.74) is 7.43. The minimum Gasteiger partial charge on any atom is -0.379 e. The molecule has 11 heteroatoms. The van der Waals surface area contributed by atoms with Crippen LogP contribution < -0.4 is 10.6 Å². The van der Waals surface area contributed by atoms with Gasteiger partial charge in [0.2, 0.25) is 11.8 Å². The third kappa shape index (κ3) is 5.18. The van der Waals surface area contributed by atoms with Gasteiger partial charge in [0.1, 0.15) is 0 Å². The highest BCUT2D eigenvalue weighted by atomic mass is 16.6. The Labute approximate surface area is 211 Å². The summed E-state index contributed by atoms with van der Waals surface area (Å²) in [4.78, 5) is 45.5. The summed E-state index contributed by atoms with van der Waals surface area (Å²) < 4.78 is 5.46. The molecular weight excluding hydrogens is 464 g/mol. The Morgan fingerprint density at radius 1 is 1.03 bits per heavy atom. The Morgan fingerprint density at radius 2 is 1.75 bits per heavy atom. The Morgan fingerprint density at radius 3 is 2.44 bits per heavy atom. The van der Waals surface area contributed by atoms with Gasteiger partial charge in [-0.1, -0.05) is 0 Å². The van der Waals surface area contributed by atoms with E-state index in [2.05, 4.69) is 14.7 Å². The van der Waals surface area contributed by atoms with E-state index in [-0.39, 0.29) is 40.3 Å². The number of morpholine rings is 1. The smallest absolute Gasteiger partial charge is 0.269 e. The standard InChI is InChI=1S/C25H36N6O5/c26-24(32)18-3-5-29(6-4-18)25(33)21-16-19-15-20(31(34)35)1-2-22(19)30-10-9-28(17-23(21)30)8-7-27-11-13-36-14-12-27/h1-2,15,18,21,23H,3-14,16-17H2,(H2,26,32). The second kappa shape index (κ2) is 10.7. The molecular formula is C25H36N6O5. The number of anilines is 1. The molecule has 36 heavy (non-hydrogen) atoms. The lowest BCUT2D eigenvalue weighted by Crippen LogP contribution is -2.62. The maximum Gasteiger partial charge on any atom is 0.269 e. The largest absolute Gasteiger partial charge is 0.379 e. The predicted octanol–water partition coefficient (Wildman–Crippen LogP) is 0.314. The van der Waals surface area contributed by atoms with Gasteiger partial charge < -0.3 is 20.3 Å². The number of nitro benzene ring substituents is 1. The first-order valence-electron chi connectivity index (χ1n) is 13.0. The summed E-state index contributed by atoms with van der Waals surface area (Å²) in [5, 5.41) is 11.4. The molecule has 0 bridgehead atoms. The fraction of sp³-hybridized carbons (Fsp3) is 0.680. The van der Waals surface area contributed by atoms with Crippen LogP contribution >= 0.6 is 0 Å². The molecule has 1 aromatic rings. The lowest BCUT2D eigenvalue weighted by atomic mass is 9.82. The van der Waals surface area contributed by atoms with E-state index in [1.165, 1.54) is 0 Å². The van der Waals surface area contributed by atoms with Crippen LogP contribution in [-0.4, -0.2) is 110 Å². The second-order valence-electron chi connectivity index (χ2n) is 10.4. The van der Waals surface area contributed by atoms with Crippen molar-refractivity contribution in [1.29, 1.82) is 0 Å². The molecule has 0 aromatic heterocycles. The Kier molecular flexibility index (Phi) is 7.40. The van der Waals surface area contributed by atoms with Crippen molar-refractivity contribution in [2.75, 3.05) is 77.0 Å². The van der Waals surface area contributed by atoms with Crippen molar-refractivity contribution in [2.45, 2.75) is 25.3 Å². The zero-order chi connectivity index (χ0) is 25.2. The number of benzene rings is 1. The molecule has 196 valence electrons. The average molecular weight is 501 g/mol. The average Bonchev–Trinajstić information content (AvgIpc) is 2.91. The summed E-state index contributed by atoms with van der Waals surface area (Å²) in [6.07, 6.45) is 1.68. The predicted molar refractivity (Wildman–Crippen MR) is 134 cm³/mol. The number of ether oxygens (including phenoxy) is 1. The van der Waals surface area contributed by atoms with Crippen molar-refractivity contribution < 1.29 is 19.2 Å². The first-order valence-corrected chi connectivity index (χ1v) is 13.0. The highest BCUT2D eigenvalue weighted by molar-refractivity contribution is 5.83. The topological polar surface area (TPSA) is 125 Å². The minimum atomic E-state index is -0.374. The number of likely N-dealkylation sites (tertiary alicyclic amines) is 1. The van der Waals surface area contributed by atoms with Crippen LogP contribution in [0.3, 0.4) is 0 Å². The number of nitrogens with zero attached hydrogens (tertiary/aromatic N) is 5. The molecule has 2 atom stereocenters. The van der Waals surface area contributed by atoms with Gasteiger partial charge in [-0.15, -0.1) is 0 Å². The number of piperazine rings is 1. The molecule has 1 aromatic carbocycles. The van der Waals surface area contributed by atoms with Crippen LogP contribution in [0.25, 0.3) is 0 Å². The fourth-order valence-electron chi connectivity index (χ4n) is 6.20. The number of carbonyl (C=O) groups excluding carboxylic acids is 2. The lowest BCUT2D eigenvalue weighted by molar-refractivity contribution is -0.384. The molecule has 4 aliphatic heterocycles. The van der Waals surface area contributed by atoms with Gasteiger partial charge in [-0.25, -0.2) is 0 Å². The Hall–Kier alpha value is -2.76. The van der Waals surface area contributed by atoms with Crippen molar-refractivity contribution in [1.82, 2.24) is 14.7 Å². The highest BCUT2D eigenvalue weighted by Gasteiger charge is 2.44. The summed E-state index contributed by atoms with van der Waals surface area (Å²) in [5.74, 6) is -0.670. The maximum atomic E-state index is 13.8. The lowest BCUT2D eigenvalue weighted by Gasteiger charge is -2.50. The SMILES string of the molecule is NC(=O)C1CCN(C(=O)C2Cc3cc([N+](=O)[O-])ccc3N3CCN(CCN4CCOCC4)CC23)CC1. The third-order valence-corrected chi connectivity index (χ3v) is 8.35. The fourth-order valence-corrected chi connectivity index (χ4v) is 6.20. The van der Waals surface area contributed by atoms with Crippen LogP contribution in [0.2, 0.25) is 0 Å². The van der Waals surface area contributed by atoms with Crippen molar-refractivity contribution in [2.24, 2.45) is 17.6 Å². The normalized spacial score (nSPS) is 25.8. The van der Waals surface area contributed by atoms with Crippen molar-refractivity contribution in [3.8, 4) is 0 Å². The molecule has 0 spiro atoms. The van der Waals surface area contributed by atoms with Crippen molar-refractivity contribution >= 4 is 23.2 Å². The summed E-state index contributed by atoms with van der Waals surface area (Å²) >= 11 is 0. The molecule has 11 nitrogen and oxygen atoms in total. The van der Waals surface area contributed by atoms with Crippen LogP contribution in [0.15, 0.2) is 18.2 Å². The quantitative estimate of drug-likeness (QED) is 0.437. The molecule has 3 saturated heterocycles. The molecule has 4 aliphatic rings. The van der Waals surface area contributed by atoms with E-state index in [4.69, 9.17) is 10.5 Å². The van der Waals surface area contributed by atoms with E-state index in [1.54, 1.807) is 12.1 Å². The first-order chi connectivity index (χ1) is 17.4. The first kappa shape index (κ1) is 24.9. The summed E-state index contributed by atoms with van der Waals surface area (Å²) in [6.45, 7) is 8.92. The molecule has 2 N–H and O–H groups in total. The number of nitro groups is 1. The van der Waals surface area contributed by atoms with Crippen molar-refractivity contribution in [3.63, 3.8) is 0 Å². The van der Waals surface area contributed by atoms with E-state index in [0.29, 0.717) is 32.4 Å². The van der Waals surface area contributed by atoms with Gasteiger partial charge in [0, 0.05) is 82.6 Å². The molecule has 2 amide bonds. The number of hydrogen-bond acceptors (Lipinski definition) is 8. The van der Waals surface area contributed by atoms with Crippen LogP contribution in [0, 0.1) is 22.0 Å². The highest BCUT2D eigenvalue weighted by Crippen LogP contribution is 2.39. The van der Waals surface area contributed by atoms with E-state index in [1.807, 2.05) is 11.0 Å². The molecule has 5 rings (SSSR count). The van der Waals surface area contributed by atoms with Gasteiger partial charge in [-0.05, 0) is 30.9 Å². The molecule has 0 saturated carbocycles. The van der Waals surface area contributed by atoms with Gasteiger partial charge in [0.25, 0.3) is 5.69 Å². The Balaban J connectivity index is 1.34. The zero-order valence-corrected chi connectivity index (χ0v) is 20.7. The van der Waals surface area contributed by atoms with Gasteiger partial charge in [0.05, 0.1) is 30.1 Å². The van der Waals surface area contributed by atoms with Gasteiger partial charge in [-0.3, -0.25) is 29.5 Å². The van der Waals surface area contributed by atoms with E-state index < -0.39 is 0 Å². The number of rotatable bonds is 6. The molecule has 2 unspecified atom stereocenters. The van der Waals surface area contributed by atoms with E-state index >= 15 is 0 Å². The Bertz CT molecular complexity index is 991. The number of piperidine rings is 1. The number of fused-ring (bicyclic) bond motifs is 3. The summed E-state index contributed by atoms with van der Waals surface area (Å²) in [6, 6.07) is 5.06. The van der Waals surface area contributed by atoms with Gasteiger partial charge >= 0.3 is 0 Å². The minimum absolute atomic E-state index is 0.0127. The monoisotopic (exact) mass is 500 g/mol. The van der Waals surface area contributed by atoms with Crippen LogP contribution in [0.5, 0.6) is 0 Å². The van der Waals surface area contributed by atoms with Crippen LogP contribution in [0.1, 0.15) is 18.4 Å². The molecule has 0 aliphatic carbocycles. The summed E-state index contributed by atoms with van der Waals surface area (Å²) in [7, 11) is 0.